The van der Waals surface area contributed by atoms with Crippen molar-refractivity contribution in [2.75, 3.05) is 11.9 Å². The van der Waals surface area contributed by atoms with Crippen LogP contribution in [0.25, 0.3) is 0 Å². The Kier molecular flexibility index (Phi) is 7.40. The number of carbonyl (C=O) groups excluding carboxylic acids is 2. The van der Waals surface area contributed by atoms with Gasteiger partial charge >= 0.3 is 0 Å². The average Bonchev–Trinajstić information content (AvgIpc) is 2.62. The highest BCUT2D eigenvalue weighted by Crippen LogP contribution is 2.21. The number of carbonyl (C=O) groups is 2. The maximum Gasteiger partial charge on any atom is 0.243 e. The molecule has 2 aromatic rings. The number of hydrogen-bond acceptors (Lipinski definition) is 4. The maximum absolute atomic E-state index is 12.3. The van der Waals surface area contributed by atoms with Gasteiger partial charge < -0.3 is 10.6 Å². The van der Waals surface area contributed by atoms with Crippen molar-refractivity contribution in [3.8, 4) is 0 Å². The number of hydrogen-bond donors (Lipinski definition) is 3. The van der Waals surface area contributed by atoms with Crippen molar-refractivity contribution >= 4 is 39.1 Å². The third-order valence-electron chi connectivity index (χ3n) is 4.21. The monoisotopic (exact) mass is 437 g/mol. The molecule has 0 heterocycles. The van der Waals surface area contributed by atoms with Gasteiger partial charge in [0, 0.05) is 10.7 Å². The molecule has 0 spiro atoms. The second kappa shape index (κ2) is 9.39. The van der Waals surface area contributed by atoms with E-state index in [-0.39, 0.29) is 11.4 Å². The first-order valence-electron chi connectivity index (χ1n) is 8.93. The normalized spacial score (nSPS) is 12.3. The number of anilines is 1. The number of nitrogens with one attached hydrogen (secondary N) is 3. The van der Waals surface area contributed by atoms with Crippen LogP contribution in [-0.4, -0.2) is 32.8 Å². The van der Waals surface area contributed by atoms with Crippen molar-refractivity contribution in [3.05, 3.63) is 58.1 Å². The molecule has 2 amide bonds. The van der Waals surface area contributed by atoms with E-state index in [1.807, 2.05) is 32.9 Å². The highest BCUT2D eigenvalue weighted by Gasteiger charge is 2.22. The Morgan fingerprint density at radius 1 is 1.03 bits per heavy atom. The molecular formula is C20H24ClN3O4S. The summed E-state index contributed by atoms with van der Waals surface area (Å²) in [7, 11) is -3.89. The lowest BCUT2D eigenvalue weighted by Crippen LogP contribution is -2.46. The zero-order valence-corrected chi connectivity index (χ0v) is 18.2. The van der Waals surface area contributed by atoms with Crippen LogP contribution in [-0.2, 0) is 19.6 Å². The lowest BCUT2D eigenvalue weighted by atomic mass is 10.1. The summed E-state index contributed by atoms with van der Waals surface area (Å²) in [6.07, 6.45) is 0. The Hall–Kier alpha value is -2.42. The SMILES string of the molecule is Cc1cc(C)c(NC(=O)CNC(=O)[C@H](C)NS(=O)(=O)c2ccc(Cl)cc2)c(C)c1. The van der Waals surface area contributed by atoms with Gasteiger partial charge in [-0.15, -0.1) is 0 Å². The van der Waals surface area contributed by atoms with Crippen LogP contribution in [0, 0.1) is 20.8 Å². The van der Waals surface area contributed by atoms with Crippen molar-refractivity contribution in [1.82, 2.24) is 10.0 Å². The van der Waals surface area contributed by atoms with Crippen molar-refractivity contribution in [3.63, 3.8) is 0 Å². The summed E-state index contributed by atoms with van der Waals surface area (Å²) in [6, 6.07) is 8.42. The van der Waals surface area contributed by atoms with E-state index in [0.29, 0.717) is 10.7 Å². The van der Waals surface area contributed by atoms with Crippen LogP contribution in [0.2, 0.25) is 5.02 Å². The first-order valence-corrected chi connectivity index (χ1v) is 10.8. The summed E-state index contributed by atoms with van der Waals surface area (Å²) in [6.45, 7) is 6.87. The molecule has 0 fully saturated rings. The third kappa shape index (κ3) is 6.28. The number of aryl methyl sites for hydroxylation is 3. The fourth-order valence-corrected chi connectivity index (χ4v) is 4.18. The topological polar surface area (TPSA) is 104 Å². The molecule has 9 heteroatoms. The van der Waals surface area contributed by atoms with E-state index in [0.717, 1.165) is 16.7 Å². The van der Waals surface area contributed by atoms with E-state index in [4.69, 9.17) is 11.6 Å². The summed E-state index contributed by atoms with van der Waals surface area (Å²) in [5.41, 5.74) is 3.64. The molecule has 0 unspecified atom stereocenters. The van der Waals surface area contributed by atoms with Crippen molar-refractivity contribution in [2.24, 2.45) is 0 Å². The largest absolute Gasteiger partial charge is 0.346 e. The van der Waals surface area contributed by atoms with Gasteiger partial charge in [-0.2, -0.15) is 4.72 Å². The van der Waals surface area contributed by atoms with Crippen LogP contribution in [0.5, 0.6) is 0 Å². The second-order valence-corrected chi connectivity index (χ2v) is 8.99. The molecule has 1 atom stereocenters. The van der Waals surface area contributed by atoms with Gasteiger partial charge in [0.1, 0.15) is 0 Å². The minimum Gasteiger partial charge on any atom is -0.346 e. The zero-order valence-electron chi connectivity index (χ0n) is 16.7. The molecule has 2 rings (SSSR count). The van der Waals surface area contributed by atoms with Crippen LogP contribution >= 0.6 is 11.6 Å². The lowest BCUT2D eigenvalue weighted by Gasteiger charge is -2.16. The Morgan fingerprint density at radius 2 is 1.59 bits per heavy atom. The molecule has 3 N–H and O–H groups in total. The van der Waals surface area contributed by atoms with Crippen LogP contribution in [0.4, 0.5) is 5.69 Å². The van der Waals surface area contributed by atoms with Gasteiger partial charge in [-0.25, -0.2) is 8.42 Å². The van der Waals surface area contributed by atoms with Gasteiger partial charge in [-0.05, 0) is 63.1 Å². The van der Waals surface area contributed by atoms with E-state index in [2.05, 4.69) is 15.4 Å². The third-order valence-corrected chi connectivity index (χ3v) is 6.02. The van der Waals surface area contributed by atoms with Gasteiger partial charge in [0.25, 0.3) is 0 Å². The number of benzene rings is 2. The first kappa shape index (κ1) is 22.9. The number of rotatable bonds is 7. The van der Waals surface area contributed by atoms with Gasteiger partial charge in [0.2, 0.25) is 21.8 Å². The molecule has 0 saturated heterocycles. The van der Waals surface area contributed by atoms with Gasteiger partial charge in [-0.3, -0.25) is 9.59 Å². The highest BCUT2D eigenvalue weighted by atomic mass is 35.5. The fraction of sp³-hybridized carbons (Fsp3) is 0.300. The van der Waals surface area contributed by atoms with E-state index < -0.39 is 27.9 Å². The molecular weight excluding hydrogens is 414 g/mol. The quantitative estimate of drug-likeness (QED) is 0.619. The van der Waals surface area contributed by atoms with Crippen molar-refractivity contribution in [1.29, 1.82) is 0 Å². The van der Waals surface area contributed by atoms with E-state index in [1.54, 1.807) is 0 Å². The minimum atomic E-state index is -3.89. The molecule has 0 aromatic heterocycles. The summed E-state index contributed by atoms with van der Waals surface area (Å²) < 4.78 is 26.9. The molecule has 0 aliphatic heterocycles. The molecule has 0 aliphatic carbocycles. The summed E-state index contributed by atoms with van der Waals surface area (Å²) in [5.74, 6) is -1.02. The summed E-state index contributed by atoms with van der Waals surface area (Å²) in [4.78, 5) is 24.4. The molecule has 29 heavy (non-hydrogen) atoms. The van der Waals surface area contributed by atoms with E-state index in [1.165, 1.54) is 31.2 Å². The van der Waals surface area contributed by atoms with Crippen LogP contribution in [0.3, 0.4) is 0 Å². The van der Waals surface area contributed by atoms with Crippen molar-refractivity contribution in [2.45, 2.75) is 38.6 Å². The summed E-state index contributed by atoms with van der Waals surface area (Å²) >= 11 is 5.76. The number of sulfonamides is 1. The molecule has 0 saturated carbocycles. The first-order chi connectivity index (χ1) is 13.5. The molecule has 0 aliphatic rings. The number of halogens is 1. The maximum atomic E-state index is 12.3. The molecule has 0 bridgehead atoms. The zero-order chi connectivity index (χ0) is 21.8. The molecule has 0 radical (unpaired) electrons. The predicted octanol–water partition coefficient (Wildman–Crippen LogP) is 2.69. The van der Waals surface area contributed by atoms with Crippen LogP contribution in [0.1, 0.15) is 23.6 Å². The van der Waals surface area contributed by atoms with Gasteiger partial charge in [-0.1, -0.05) is 29.3 Å². The minimum absolute atomic E-state index is 0.00962. The Bertz CT molecular complexity index is 998. The average molecular weight is 438 g/mol. The number of amides is 2. The van der Waals surface area contributed by atoms with Gasteiger partial charge in [0.15, 0.2) is 0 Å². The Morgan fingerprint density at radius 3 is 2.14 bits per heavy atom. The Labute approximate surface area is 175 Å². The van der Waals surface area contributed by atoms with Crippen LogP contribution in [0.15, 0.2) is 41.3 Å². The second-order valence-electron chi connectivity index (χ2n) is 6.84. The van der Waals surface area contributed by atoms with Crippen molar-refractivity contribution < 1.29 is 18.0 Å². The van der Waals surface area contributed by atoms with Crippen LogP contribution < -0.4 is 15.4 Å². The van der Waals surface area contributed by atoms with Gasteiger partial charge in [0.05, 0.1) is 17.5 Å². The summed E-state index contributed by atoms with van der Waals surface area (Å²) in [5, 5.41) is 5.61. The molecule has 7 nitrogen and oxygen atoms in total. The predicted molar refractivity (Wildman–Crippen MR) is 114 cm³/mol. The van der Waals surface area contributed by atoms with E-state index >= 15 is 0 Å². The molecule has 156 valence electrons. The lowest BCUT2D eigenvalue weighted by molar-refractivity contribution is -0.125. The molecule has 2 aromatic carbocycles. The Balaban J connectivity index is 1.93. The van der Waals surface area contributed by atoms with E-state index in [9.17, 15) is 18.0 Å². The fourth-order valence-electron chi connectivity index (χ4n) is 2.85. The smallest absolute Gasteiger partial charge is 0.243 e. The standard InChI is InChI=1S/C20H24ClN3O4S/c1-12-9-13(2)19(14(3)10-12)23-18(25)11-22-20(26)15(4)24-29(27,28)17-7-5-16(21)6-8-17/h5-10,15,24H,11H2,1-4H3,(H,22,26)(H,23,25)/t15-/m0/s1. The highest BCUT2D eigenvalue weighted by molar-refractivity contribution is 7.89.